The number of carbonyl (C=O) groups is 1. The van der Waals surface area contributed by atoms with Crippen LogP contribution in [0.1, 0.15) is 0 Å². The molecular formula is C13H15ClN4O2S2. The lowest BCUT2D eigenvalue weighted by Crippen LogP contribution is -2.30. The van der Waals surface area contributed by atoms with Gasteiger partial charge in [0.25, 0.3) is 0 Å². The number of amides is 1. The van der Waals surface area contributed by atoms with Crippen LogP contribution < -0.4 is 10.6 Å². The Balaban J connectivity index is 1.87. The Morgan fingerprint density at radius 3 is 3.05 bits per heavy atom. The second-order valence-electron chi connectivity index (χ2n) is 4.17. The van der Waals surface area contributed by atoms with Gasteiger partial charge < -0.3 is 15.4 Å². The Kier molecular flexibility index (Phi) is 7.07. The Bertz CT molecular complexity index is 610. The monoisotopic (exact) mass is 358 g/mol. The fourth-order valence-electron chi connectivity index (χ4n) is 1.54. The molecule has 2 aromatic rings. The Hall–Kier alpha value is -1.19. The third-order valence-corrected chi connectivity index (χ3v) is 4.80. The minimum atomic E-state index is -0.128. The summed E-state index contributed by atoms with van der Waals surface area (Å²) in [5.74, 6) is -0.128. The van der Waals surface area contributed by atoms with E-state index in [9.17, 15) is 4.79 Å². The summed E-state index contributed by atoms with van der Waals surface area (Å²) in [6.07, 6.45) is 0. The third-order valence-electron chi connectivity index (χ3n) is 2.52. The lowest BCUT2D eigenvalue weighted by Gasteiger charge is -2.08. The van der Waals surface area contributed by atoms with E-state index < -0.39 is 0 Å². The smallest absolute Gasteiger partial charge is 0.238 e. The average molecular weight is 359 g/mol. The molecule has 2 N–H and O–H groups in total. The molecular weight excluding hydrogens is 344 g/mol. The predicted molar refractivity (Wildman–Crippen MR) is 88.9 cm³/mol. The molecule has 0 saturated heterocycles. The average Bonchev–Trinajstić information content (AvgIpc) is 2.99. The first-order valence-electron chi connectivity index (χ1n) is 6.42. The summed E-state index contributed by atoms with van der Waals surface area (Å²) in [5.41, 5.74) is 2.33. The fourth-order valence-corrected chi connectivity index (χ4v) is 3.28. The number of nitrogens with one attached hydrogen (secondary N) is 2. The molecule has 1 amide bonds. The Labute approximate surface area is 141 Å². The van der Waals surface area contributed by atoms with E-state index in [1.165, 1.54) is 23.1 Å². The van der Waals surface area contributed by atoms with Crippen molar-refractivity contribution in [1.82, 2.24) is 15.5 Å². The van der Waals surface area contributed by atoms with Gasteiger partial charge in [-0.2, -0.15) is 0 Å². The number of hydrogen-bond donors (Lipinski definition) is 2. The van der Waals surface area contributed by atoms with Gasteiger partial charge in [-0.3, -0.25) is 4.79 Å². The highest BCUT2D eigenvalue weighted by molar-refractivity contribution is 8.01. The maximum absolute atomic E-state index is 11.7. The van der Waals surface area contributed by atoms with Gasteiger partial charge in [-0.15, -0.1) is 10.2 Å². The van der Waals surface area contributed by atoms with Crippen molar-refractivity contribution >= 4 is 46.3 Å². The highest BCUT2D eigenvalue weighted by Crippen LogP contribution is 2.35. The molecule has 0 atom stereocenters. The normalized spacial score (nSPS) is 10.6. The highest BCUT2D eigenvalue weighted by Gasteiger charge is 2.08. The SMILES string of the molecule is COCCNCC(=O)Nc1ccc(Sc2nncs2)c(Cl)c1. The fraction of sp³-hybridized carbons (Fsp3) is 0.308. The topological polar surface area (TPSA) is 76.1 Å². The van der Waals surface area contributed by atoms with Gasteiger partial charge in [-0.05, 0) is 18.2 Å². The number of halogens is 1. The molecule has 0 radical (unpaired) electrons. The van der Waals surface area contributed by atoms with Gasteiger partial charge >= 0.3 is 0 Å². The zero-order chi connectivity index (χ0) is 15.8. The van der Waals surface area contributed by atoms with Crippen molar-refractivity contribution in [2.45, 2.75) is 9.24 Å². The number of nitrogens with zero attached hydrogens (tertiary/aromatic N) is 2. The molecule has 0 aliphatic carbocycles. The van der Waals surface area contributed by atoms with Crippen molar-refractivity contribution in [2.75, 3.05) is 32.1 Å². The standard InChI is InChI=1S/C13H15ClN4O2S2/c1-20-5-4-15-7-12(19)17-9-2-3-11(10(14)6-9)22-13-18-16-8-21-13/h2-3,6,8,15H,4-5,7H2,1H3,(H,17,19). The first kappa shape index (κ1) is 17.2. The molecule has 0 saturated carbocycles. The van der Waals surface area contributed by atoms with Crippen LogP contribution in [-0.2, 0) is 9.53 Å². The molecule has 1 aromatic heterocycles. The number of aromatic nitrogens is 2. The van der Waals surface area contributed by atoms with Crippen LogP contribution in [0.2, 0.25) is 5.02 Å². The second kappa shape index (κ2) is 9.06. The van der Waals surface area contributed by atoms with Crippen LogP contribution in [0.15, 0.2) is 32.9 Å². The molecule has 0 bridgehead atoms. The zero-order valence-corrected chi connectivity index (χ0v) is 14.2. The van der Waals surface area contributed by atoms with Gasteiger partial charge in [0.05, 0.1) is 18.2 Å². The van der Waals surface area contributed by atoms with E-state index >= 15 is 0 Å². The van der Waals surface area contributed by atoms with Crippen molar-refractivity contribution in [3.8, 4) is 0 Å². The van der Waals surface area contributed by atoms with Crippen LogP contribution in [0.5, 0.6) is 0 Å². The summed E-state index contributed by atoms with van der Waals surface area (Å²) in [4.78, 5) is 12.6. The molecule has 0 aliphatic heterocycles. The first-order valence-corrected chi connectivity index (χ1v) is 8.49. The molecule has 0 spiro atoms. The van der Waals surface area contributed by atoms with Gasteiger partial charge in [-0.25, -0.2) is 0 Å². The summed E-state index contributed by atoms with van der Waals surface area (Å²) in [7, 11) is 1.62. The lowest BCUT2D eigenvalue weighted by molar-refractivity contribution is -0.115. The largest absolute Gasteiger partial charge is 0.383 e. The minimum Gasteiger partial charge on any atom is -0.383 e. The van der Waals surface area contributed by atoms with Gasteiger partial charge in [0.1, 0.15) is 5.51 Å². The molecule has 1 heterocycles. The van der Waals surface area contributed by atoms with Crippen molar-refractivity contribution in [3.63, 3.8) is 0 Å². The van der Waals surface area contributed by atoms with E-state index in [0.717, 1.165) is 9.24 Å². The van der Waals surface area contributed by atoms with Crippen LogP contribution >= 0.6 is 34.7 Å². The van der Waals surface area contributed by atoms with Crippen LogP contribution in [-0.4, -0.2) is 42.9 Å². The molecule has 1 aromatic carbocycles. The number of hydrogen-bond acceptors (Lipinski definition) is 7. The maximum Gasteiger partial charge on any atom is 0.238 e. The number of ether oxygens (including phenoxy) is 1. The first-order chi connectivity index (χ1) is 10.7. The molecule has 6 nitrogen and oxygen atoms in total. The summed E-state index contributed by atoms with van der Waals surface area (Å²) < 4.78 is 5.71. The van der Waals surface area contributed by atoms with Crippen LogP contribution in [0.4, 0.5) is 5.69 Å². The van der Waals surface area contributed by atoms with Crippen molar-refractivity contribution < 1.29 is 9.53 Å². The zero-order valence-electron chi connectivity index (χ0n) is 11.8. The molecule has 22 heavy (non-hydrogen) atoms. The van der Waals surface area contributed by atoms with Crippen molar-refractivity contribution in [3.05, 3.63) is 28.7 Å². The van der Waals surface area contributed by atoms with E-state index in [2.05, 4.69) is 20.8 Å². The van der Waals surface area contributed by atoms with Crippen LogP contribution in [0.3, 0.4) is 0 Å². The number of rotatable bonds is 8. The predicted octanol–water partition coefficient (Wildman–Crippen LogP) is 2.52. The number of methoxy groups -OCH3 is 1. The van der Waals surface area contributed by atoms with E-state index in [1.807, 2.05) is 12.1 Å². The van der Waals surface area contributed by atoms with Crippen LogP contribution in [0, 0.1) is 0 Å². The Morgan fingerprint density at radius 2 is 2.36 bits per heavy atom. The highest BCUT2D eigenvalue weighted by atomic mass is 35.5. The second-order valence-corrected chi connectivity index (χ2v) is 6.70. The summed E-state index contributed by atoms with van der Waals surface area (Å²) >= 11 is 9.12. The summed E-state index contributed by atoms with van der Waals surface area (Å²) in [6.45, 7) is 1.42. The van der Waals surface area contributed by atoms with E-state index in [0.29, 0.717) is 23.9 Å². The number of benzene rings is 1. The van der Waals surface area contributed by atoms with Crippen molar-refractivity contribution in [2.24, 2.45) is 0 Å². The number of anilines is 1. The quantitative estimate of drug-likeness (QED) is 0.706. The van der Waals surface area contributed by atoms with E-state index in [-0.39, 0.29) is 12.5 Å². The molecule has 0 unspecified atom stereocenters. The lowest BCUT2D eigenvalue weighted by atomic mass is 10.3. The van der Waals surface area contributed by atoms with Gasteiger partial charge in [0.2, 0.25) is 5.91 Å². The Morgan fingerprint density at radius 1 is 1.50 bits per heavy atom. The molecule has 0 aliphatic rings. The van der Waals surface area contributed by atoms with E-state index in [4.69, 9.17) is 16.3 Å². The number of carbonyl (C=O) groups excluding carboxylic acids is 1. The third kappa shape index (κ3) is 5.54. The maximum atomic E-state index is 11.7. The molecule has 2 rings (SSSR count). The summed E-state index contributed by atoms with van der Waals surface area (Å²) in [5, 5.41) is 14.1. The molecule has 9 heteroatoms. The van der Waals surface area contributed by atoms with Crippen LogP contribution in [0.25, 0.3) is 0 Å². The molecule has 0 fully saturated rings. The van der Waals surface area contributed by atoms with Gasteiger partial charge in [-0.1, -0.05) is 34.7 Å². The minimum absolute atomic E-state index is 0.128. The molecule has 118 valence electrons. The van der Waals surface area contributed by atoms with Gasteiger partial charge in [0.15, 0.2) is 4.34 Å². The van der Waals surface area contributed by atoms with Crippen molar-refractivity contribution in [1.29, 1.82) is 0 Å². The van der Waals surface area contributed by atoms with Gasteiger partial charge in [0, 0.05) is 24.2 Å². The van der Waals surface area contributed by atoms with E-state index in [1.54, 1.807) is 18.7 Å². The summed E-state index contributed by atoms with van der Waals surface area (Å²) in [6, 6.07) is 5.38.